The van der Waals surface area contributed by atoms with Crippen LogP contribution in [-0.2, 0) is 6.54 Å². The summed E-state index contributed by atoms with van der Waals surface area (Å²) in [5.41, 5.74) is 7.35. The van der Waals surface area contributed by atoms with E-state index in [9.17, 15) is 4.79 Å². The fourth-order valence-electron chi connectivity index (χ4n) is 2.20. The first-order valence-corrected chi connectivity index (χ1v) is 6.93. The summed E-state index contributed by atoms with van der Waals surface area (Å²) in [6.07, 6.45) is 2.20. The molecule has 1 aromatic carbocycles. The summed E-state index contributed by atoms with van der Waals surface area (Å²) in [4.78, 5) is 18.9. The van der Waals surface area contributed by atoms with Gasteiger partial charge in [-0.3, -0.25) is 4.79 Å². The van der Waals surface area contributed by atoms with Crippen LogP contribution >= 0.6 is 0 Å². The van der Waals surface area contributed by atoms with Crippen molar-refractivity contribution in [2.45, 2.75) is 25.3 Å². The molecule has 1 heterocycles. The lowest BCUT2D eigenvalue weighted by molar-refractivity contribution is 0.417. The van der Waals surface area contributed by atoms with E-state index in [1.165, 1.54) is 6.07 Å². The fraction of sp³-hybridized carbons (Fsp3) is 0.333. The molecule has 0 radical (unpaired) electrons. The SMILES string of the molecule is COc1ccc(CNc2cc(=O)[nH]c(C3CC3)n2)cc1N. The summed E-state index contributed by atoms with van der Waals surface area (Å²) in [5, 5.41) is 3.16. The number of H-pyrrole nitrogens is 1. The van der Waals surface area contributed by atoms with Gasteiger partial charge in [0.25, 0.3) is 5.56 Å². The van der Waals surface area contributed by atoms with Crippen molar-refractivity contribution in [1.29, 1.82) is 0 Å². The molecule has 1 aliphatic rings. The van der Waals surface area contributed by atoms with Crippen LogP contribution in [0.2, 0.25) is 0 Å². The van der Waals surface area contributed by atoms with Crippen LogP contribution in [0.3, 0.4) is 0 Å². The van der Waals surface area contributed by atoms with Crippen molar-refractivity contribution < 1.29 is 4.74 Å². The standard InChI is InChI=1S/C15H18N4O2/c1-21-12-5-2-9(6-11(12)16)8-17-13-7-14(20)19-15(18-13)10-3-4-10/h2,5-7,10H,3-4,8,16H2,1H3,(H2,17,18,19,20). The number of nitrogens with zero attached hydrogens (tertiary/aromatic N) is 1. The summed E-state index contributed by atoms with van der Waals surface area (Å²) in [5.74, 6) is 2.44. The predicted molar refractivity (Wildman–Crippen MR) is 81.6 cm³/mol. The Morgan fingerprint density at radius 2 is 2.24 bits per heavy atom. The van der Waals surface area contributed by atoms with Crippen molar-refractivity contribution in [2.24, 2.45) is 0 Å². The minimum atomic E-state index is -0.122. The Morgan fingerprint density at radius 1 is 1.43 bits per heavy atom. The van der Waals surface area contributed by atoms with Crippen molar-refractivity contribution in [2.75, 3.05) is 18.2 Å². The van der Waals surface area contributed by atoms with E-state index >= 15 is 0 Å². The molecular weight excluding hydrogens is 268 g/mol. The van der Waals surface area contributed by atoms with Crippen LogP contribution in [0.5, 0.6) is 5.75 Å². The predicted octanol–water partition coefficient (Wildman–Crippen LogP) is 1.85. The van der Waals surface area contributed by atoms with Gasteiger partial charge in [-0.05, 0) is 30.5 Å². The molecule has 2 aromatic rings. The van der Waals surface area contributed by atoms with Gasteiger partial charge in [0.1, 0.15) is 17.4 Å². The van der Waals surface area contributed by atoms with E-state index in [-0.39, 0.29) is 5.56 Å². The second-order valence-corrected chi connectivity index (χ2v) is 5.22. The summed E-state index contributed by atoms with van der Waals surface area (Å²) >= 11 is 0. The maximum atomic E-state index is 11.6. The van der Waals surface area contributed by atoms with Crippen molar-refractivity contribution >= 4 is 11.5 Å². The van der Waals surface area contributed by atoms with Crippen LogP contribution < -0.4 is 21.3 Å². The first-order valence-electron chi connectivity index (χ1n) is 6.93. The third-order valence-corrected chi connectivity index (χ3v) is 3.49. The average Bonchev–Trinajstić information content (AvgIpc) is 3.29. The topological polar surface area (TPSA) is 93.0 Å². The smallest absolute Gasteiger partial charge is 0.252 e. The highest BCUT2D eigenvalue weighted by Gasteiger charge is 2.26. The van der Waals surface area contributed by atoms with E-state index in [0.717, 1.165) is 24.2 Å². The van der Waals surface area contributed by atoms with Gasteiger partial charge in [0.05, 0.1) is 12.8 Å². The zero-order valence-corrected chi connectivity index (χ0v) is 11.8. The number of ether oxygens (including phenoxy) is 1. The third-order valence-electron chi connectivity index (χ3n) is 3.49. The number of nitrogen functional groups attached to an aromatic ring is 1. The number of anilines is 2. The average molecular weight is 286 g/mol. The van der Waals surface area contributed by atoms with Crippen LogP contribution in [0.1, 0.15) is 30.1 Å². The van der Waals surface area contributed by atoms with Crippen LogP contribution in [0.15, 0.2) is 29.1 Å². The van der Waals surface area contributed by atoms with Crippen LogP contribution in [-0.4, -0.2) is 17.1 Å². The Bertz CT molecular complexity index is 707. The molecule has 0 spiro atoms. The minimum absolute atomic E-state index is 0.122. The molecule has 1 saturated carbocycles. The molecule has 1 aromatic heterocycles. The van der Waals surface area contributed by atoms with Gasteiger partial charge in [-0.2, -0.15) is 0 Å². The van der Waals surface area contributed by atoms with Crippen molar-refractivity contribution in [3.63, 3.8) is 0 Å². The highest BCUT2D eigenvalue weighted by molar-refractivity contribution is 5.54. The summed E-state index contributed by atoms with van der Waals surface area (Å²) < 4.78 is 5.12. The van der Waals surface area contributed by atoms with Gasteiger partial charge in [0, 0.05) is 18.5 Å². The second kappa shape index (κ2) is 5.47. The van der Waals surface area contributed by atoms with Gasteiger partial charge < -0.3 is 20.8 Å². The molecular formula is C15H18N4O2. The molecule has 1 fully saturated rings. The molecule has 0 unspecified atom stereocenters. The highest BCUT2D eigenvalue weighted by Crippen LogP contribution is 2.37. The van der Waals surface area contributed by atoms with E-state index in [1.807, 2.05) is 18.2 Å². The van der Waals surface area contributed by atoms with E-state index in [2.05, 4.69) is 15.3 Å². The molecule has 0 aliphatic heterocycles. The van der Waals surface area contributed by atoms with Gasteiger partial charge in [-0.15, -0.1) is 0 Å². The van der Waals surface area contributed by atoms with Gasteiger partial charge in [0.15, 0.2) is 0 Å². The van der Waals surface area contributed by atoms with Crippen LogP contribution in [0.4, 0.5) is 11.5 Å². The van der Waals surface area contributed by atoms with E-state index in [4.69, 9.17) is 10.5 Å². The maximum absolute atomic E-state index is 11.6. The lowest BCUT2D eigenvalue weighted by Gasteiger charge is -2.09. The molecule has 0 atom stereocenters. The maximum Gasteiger partial charge on any atom is 0.252 e. The number of hydrogen-bond donors (Lipinski definition) is 3. The summed E-state index contributed by atoms with van der Waals surface area (Å²) in [6.45, 7) is 0.550. The zero-order chi connectivity index (χ0) is 14.8. The number of nitrogens with one attached hydrogen (secondary N) is 2. The quantitative estimate of drug-likeness (QED) is 0.729. The van der Waals surface area contributed by atoms with Gasteiger partial charge in [-0.25, -0.2) is 4.98 Å². The number of rotatable bonds is 5. The monoisotopic (exact) mass is 286 g/mol. The molecule has 1 aliphatic carbocycles. The lowest BCUT2D eigenvalue weighted by atomic mass is 10.2. The molecule has 3 rings (SSSR count). The highest BCUT2D eigenvalue weighted by atomic mass is 16.5. The second-order valence-electron chi connectivity index (χ2n) is 5.22. The molecule has 110 valence electrons. The Balaban J connectivity index is 1.72. The van der Waals surface area contributed by atoms with Crippen molar-refractivity contribution in [1.82, 2.24) is 9.97 Å². The number of methoxy groups -OCH3 is 1. The van der Waals surface area contributed by atoms with Crippen molar-refractivity contribution in [3.8, 4) is 5.75 Å². The van der Waals surface area contributed by atoms with Gasteiger partial charge >= 0.3 is 0 Å². The van der Waals surface area contributed by atoms with Crippen LogP contribution in [0, 0.1) is 0 Å². The molecule has 6 heteroatoms. The largest absolute Gasteiger partial charge is 0.495 e. The normalized spacial score (nSPS) is 14.0. The zero-order valence-electron chi connectivity index (χ0n) is 11.8. The Labute approximate surface area is 122 Å². The summed E-state index contributed by atoms with van der Waals surface area (Å²) in [6, 6.07) is 7.07. The van der Waals surface area contributed by atoms with Crippen LogP contribution in [0.25, 0.3) is 0 Å². The molecule has 0 bridgehead atoms. The minimum Gasteiger partial charge on any atom is -0.495 e. The lowest BCUT2D eigenvalue weighted by Crippen LogP contribution is -2.13. The number of nitrogens with two attached hydrogens (primary N) is 1. The Hall–Kier alpha value is -2.50. The van der Waals surface area contributed by atoms with Gasteiger partial charge in [-0.1, -0.05) is 6.07 Å². The van der Waals surface area contributed by atoms with Gasteiger partial charge in [0.2, 0.25) is 0 Å². The first kappa shape index (κ1) is 13.5. The fourth-order valence-corrected chi connectivity index (χ4v) is 2.20. The Morgan fingerprint density at radius 3 is 2.90 bits per heavy atom. The number of aromatic nitrogens is 2. The molecule has 0 amide bonds. The van der Waals surface area contributed by atoms with Crippen molar-refractivity contribution in [3.05, 3.63) is 46.0 Å². The molecule has 4 N–H and O–H groups in total. The van der Waals surface area contributed by atoms with E-state index in [0.29, 0.717) is 29.7 Å². The van der Waals surface area contributed by atoms with E-state index < -0.39 is 0 Å². The molecule has 6 nitrogen and oxygen atoms in total. The number of aromatic amines is 1. The summed E-state index contributed by atoms with van der Waals surface area (Å²) in [7, 11) is 1.59. The number of hydrogen-bond acceptors (Lipinski definition) is 5. The number of benzene rings is 1. The molecule has 0 saturated heterocycles. The third kappa shape index (κ3) is 3.16. The van der Waals surface area contributed by atoms with E-state index in [1.54, 1.807) is 7.11 Å². The Kier molecular flexibility index (Phi) is 3.51. The first-order chi connectivity index (χ1) is 10.2. The molecule has 21 heavy (non-hydrogen) atoms.